The molecule has 0 amide bonds. The van der Waals surface area contributed by atoms with E-state index in [0.29, 0.717) is 15.2 Å². The van der Waals surface area contributed by atoms with E-state index in [1.165, 1.54) is 22.0 Å². The van der Waals surface area contributed by atoms with E-state index in [9.17, 15) is 0 Å². The standard InChI is InChI=1S/C27H32NO2P/c1-6-27(3,31-26-20(2)12-10-15-22(26)18-28-4)23-16-11-17-24(29-5)25(23)30-19-21-13-8-7-9-14-21/h7-18,31H,6,19H2,1-5H3. The Balaban J connectivity index is 2.03. The molecule has 2 unspecified atom stereocenters. The molecular formula is C27H32NO2P. The predicted octanol–water partition coefficient (Wildman–Crippen LogP) is 6.26. The maximum absolute atomic E-state index is 6.39. The van der Waals surface area contributed by atoms with Crippen molar-refractivity contribution in [1.82, 2.24) is 0 Å². The molecule has 162 valence electrons. The maximum atomic E-state index is 6.39. The number of methoxy groups -OCH3 is 1. The van der Waals surface area contributed by atoms with Crippen LogP contribution in [0.2, 0.25) is 0 Å². The van der Waals surface area contributed by atoms with Gasteiger partial charge in [-0.3, -0.25) is 4.99 Å². The second kappa shape index (κ2) is 10.6. The van der Waals surface area contributed by atoms with Crippen molar-refractivity contribution < 1.29 is 9.47 Å². The summed E-state index contributed by atoms with van der Waals surface area (Å²) in [7, 11) is 4.10. The van der Waals surface area contributed by atoms with Gasteiger partial charge in [-0.2, -0.15) is 0 Å². The molecule has 0 aliphatic carbocycles. The maximum Gasteiger partial charge on any atom is 0.165 e. The van der Waals surface area contributed by atoms with Crippen LogP contribution in [-0.2, 0) is 11.8 Å². The summed E-state index contributed by atoms with van der Waals surface area (Å²) in [6.45, 7) is 7.27. The van der Waals surface area contributed by atoms with Crippen LogP contribution < -0.4 is 14.8 Å². The Hall–Kier alpha value is -2.64. The van der Waals surface area contributed by atoms with Gasteiger partial charge in [0.2, 0.25) is 0 Å². The SMILES string of the molecule is CCC(C)(Pc1c(C)cccc1C=NC)c1cccc(OC)c1OCc1ccccc1. The number of ether oxygens (including phenoxy) is 2. The van der Waals surface area contributed by atoms with Gasteiger partial charge in [-0.05, 0) is 41.4 Å². The third-order valence-electron chi connectivity index (χ3n) is 5.70. The van der Waals surface area contributed by atoms with Crippen molar-refractivity contribution in [2.75, 3.05) is 14.2 Å². The number of nitrogens with zero attached hydrogens (tertiary/aromatic N) is 1. The van der Waals surface area contributed by atoms with Gasteiger partial charge in [0.15, 0.2) is 11.5 Å². The van der Waals surface area contributed by atoms with Crippen molar-refractivity contribution in [3.8, 4) is 11.5 Å². The molecule has 0 fully saturated rings. The van der Waals surface area contributed by atoms with E-state index in [-0.39, 0.29) is 5.16 Å². The number of aliphatic imine (C=N–C) groups is 1. The minimum atomic E-state index is -0.0942. The molecule has 0 N–H and O–H groups in total. The van der Waals surface area contributed by atoms with Crippen LogP contribution in [0.4, 0.5) is 0 Å². The molecule has 0 bridgehead atoms. The molecular weight excluding hydrogens is 401 g/mol. The van der Waals surface area contributed by atoms with Crippen molar-refractivity contribution in [1.29, 1.82) is 0 Å². The van der Waals surface area contributed by atoms with E-state index in [0.717, 1.165) is 23.5 Å². The predicted molar refractivity (Wildman–Crippen MR) is 134 cm³/mol. The highest BCUT2D eigenvalue weighted by Crippen LogP contribution is 2.50. The van der Waals surface area contributed by atoms with E-state index >= 15 is 0 Å². The number of para-hydroxylation sites is 1. The molecule has 31 heavy (non-hydrogen) atoms. The van der Waals surface area contributed by atoms with Gasteiger partial charge < -0.3 is 9.47 Å². The van der Waals surface area contributed by atoms with Gasteiger partial charge in [0.1, 0.15) is 6.61 Å². The topological polar surface area (TPSA) is 30.8 Å². The van der Waals surface area contributed by atoms with E-state index in [2.05, 4.69) is 68.2 Å². The van der Waals surface area contributed by atoms with Gasteiger partial charge in [0.05, 0.1) is 7.11 Å². The molecule has 0 radical (unpaired) electrons. The van der Waals surface area contributed by atoms with Crippen LogP contribution in [-0.4, -0.2) is 20.4 Å². The molecule has 0 aliphatic rings. The summed E-state index contributed by atoms with van der Waals surface area (Å²) in [5.41, 5.74) is 4.81. The van der Waals surface area contributed by atoms with Crippen LogP contribution in [0.25, 0.3) is 0 Å². The lowest BCUT2D eigenvalue weighted by Gasteiger charge is -2.32. The zero-order chi connectivity index (χ0) is 22.3. The first-order valence-corrected chi connectivity index (χ1v) is 11.7. The second-order valence-electron chi connectivity index (χ2n) is 7.85. The Kier molecular flexibility index (Phi) is 7.87. The van der Waals surface area contributed by atoms with Gasteiger partial charge in [0, 0.05) is 24.0 Å². The zero-order valence-electron chi connectivity index (χ0n) is 19.1. The third-order valence-corrected chi connectivity index (χ3v) is 7.81. The average Bonchev–Trinajstić information content (AvgIpc) is 2.80. The van der Waals surface area contributed by atoms with Gasteiger partial charge in [-0.1, -0.05) is 83.1 Å². The first kappa shape index (κ1) is 23.0. The molecule has 3 rings (SSSR count). The Morgan fingerprint density at radius 2 is 1.74 bits per heavy atom. The van der Waals surface area contributed by atoms with Crippen LogP contribution in [0.3, 0.4) is 0 Å². The molecule has 0 heterocycles. The van der Waals surface area contributed by atoms with Crippen LogP contribution in [0.15, 0.2) is 71.7 Å². The minimum Gasteiger partial charge on any atom is -0.493 e. The van der Waals surface area contributed by atoms with Crippen LogP contribution in [0.5, 0.6) is 11.5 Å². The fourth-order valence-corrected chi connectivity index (χ4v) is 5.35. The van der Waals surface area contributed by atoms with Gasteiger partial charge in [0.25, 0.3) is 0 Å². The first-order valence-electron chi connectivity index (χ1n) is 10.7. The number of benzene rings is 3. The number of hydrogen-bond acceptors (Lipinski definition) is 3. The number of rotatable bonds is 9. The molecule has 0 aromatic heterocycles. The summed E-state index contributed by atoms with van der Waals surface area (Å²) in [4.78, 5) is 4.28. The number of aryl methyl sites for hydroxylation is 1. The summed E-state index contributed by atoms with van der Waals surface area (Å²) >= 11 is 0. The molecule has 0 saturated heterocycles. The Bertz CT molecular complexity index is 1030. The van der Waals surface area contributed by atoms with Crippen molar-refractivity contribution in [3.05, 3.63) is 89.0 Å². The number of hydrogen-bond donors (Lipinski definition) is 0. The normalized spacial score (nSPS) is 13.6. The summed E-state index contributed by atoms with van der Waals surface area (Å²) in [5, 5.41) is 1.26. The highest BCUT2D eigenvalue weighted by molar-refractivity contribution is 7.49. The lowest BCUT2D eigenvalue weighted by Crippen LogP contribution is -2.22. The van der Waals surface area contributed by atoms with E-state index in [1.807, 2.05) is 37.5 Å². The molecule has 3 aromatic carbocycles. The van der Waals surface area contributed by atoms with Crippen LogP contribution >= 0.6 is 8.58 Å². The molecule has 3 aromatic rings. The quantitative estimate of drug-likeness (QED) is 0.295. The third kappa shape index (κ3) is 5.35. The molecule has 4 heteroatoms. The van der Waals surface area contributed by atoms with Crippen LogP contribution in [0.1, 0.15) is 42.5 Å². The zero-order valence-corrected chi connectivity index (χ0v) is 20.1. The fourth-order valence-electron chi connectivity index (χ4n) is 3.72. The second-order valence-corrected chi connectivity index (χ2v) is 9.70. The highest BCUT2D eigenvalue weighted by Gasteiger charge is 2.31. The average molecular weight is 434 g/mol. The molecule has 0 spiro atoms. The first-order chi connectivity index (χ1) is 15.0. The molecule has 0 aliphatic heterocycles. The minimum absolute atomic E-state index is 0.0942. The smallest absolute Gasteiger partial charge is 0.165 e. The summed E-state index contributed by atoms with van der Waals surface area (Å²) < 4.78 is 12.1. The highest BCUT2D eigenvalue weighted by atomic mass is 31.1. The van der Waals surface area contributed by atoms with Gasteiger partial charge in [-0.15, -0.1) is 0 Å². The Morgan fingerprint density at radius 3 is 2.42 bits per heavy atom. The molecule has 0 saturated carbocycles. The van der Waals surface area contributed by atoms with Crippen LogP contribution in [0, 0.1) is 6.92 Å². The van der Waals surface area contributed by atoms with E-state index in [4.69, 9.17) is 9.47 Å². The van der Waals surface area contributed by atoms with Gasteiger partial charge >= 0.3 is 0 Å². The van der Waals surface area contributed by atoms with Gasteiger partial charge in [-0.25, -0.2) is 0 Å². The lowest BCUT2D eigenvalue weighted by atomic mass is 9.96. The van der Waals surface area contributed by atoms with E-state index < -0.39 is 0 Å². The molecule has 2 atom stereocenters. The largest absolute Gasteiger partial charge is 0.493 e. The Labute approximate surface area is 188 Å². The lowest BCUT2D eigenvalue weighted by molar-refractivity contribution is 0.278. The van der Waals surface area contributed by atoms with Crippen molar-refractivity contribution >= 4 is 20.1 Å². The summed E-state index contributed by atoms with van der Waals surface area (Å²) in [5.74, 6) is 1.61. The van der Waals surface area contributed by atoms with E-state index in [1.54, 1.807) is 7.11 Å². The van der Waals surface area contributed by atoms with Crippen molar-refractivity contribution in [2.45, 2.75) is 39.0 Å². The molecule has 3 nitrogen and oxygen atoms in total. The summed E-state index contributed by atoms with van der Waals surface area (Å²) in [6.07, 6.45) is 2.95. The monoisotopic (exact) mass is 433 g/mol. The Morgan fingerprint density at radius 1 is 1.00 bits per heavy atom. The summed E-state index contributed by atoms with van der Waals surface area (Å²) in [6, 6.07) is 22.9. The van der Waals surface area contributed by atoms with Crippen molar-refractivity contribution in [2.24, 2.45) is 4.99 Å². The fraction of sp³-hybridized carbons (Fsp3) is 0.296. The van der Waals surface area contributed by atoms with Crippen molar-refractivity contribution in [3.63, 3.8) is 0 Å².